The van der Waals surface area contributed by atoms with Gasteiger partial charge < -0.3 is 0 Å². The second-order valence-corrected chi connectivity index (χ2v) is 7.20. The molecule has 7 heteroatoms. The van der Waals surface area contributed by atoms with Gasteiger partial charge in [0.2, 0.25) is 0 Å². The van der Waals surface area contributed by atoms with E-state index in [4.69, 9.17) is 9.47 Å². The molecule has 0 fully saturated rings. The molecular weight excluding hydrogens is 379 g/mol. The van der Waals surface area contributed by atoms with E-state index in [-0.39, 0.29) is 38.9 Å². The number of esters is 1. The van der Waals surface area contributed by atoms with E-state index in [9.17, 15) is 19.5 Å². The fraction of sp³-hybridized carbons (Fsp3) is 0.235. The number of phenols is 1. The molecule has 1 aromatic carbocycles. The Morgan fingerprint density at radius 3 is 2.58 bits per heavy atom. The van der Waals surface area contributed by atoms with Crippen LogP contribution in [-0.2, 0) is 14.3 Å². The molecule has 0 spiro atoms. The zero-order valence-corrected chi connectivity index (χ0v) is 15.0. The van der Waals surface area contributed by atoms with E-state index in [1.54, 1.807) is 19.1 Å². The van der Waals surface area contributed by atoms with Crippen LogP contribution in [0.5, 0.6) is 11.5 Å². The molecule has 1 heterocycles. The molecule has 0 aliphatic carbocycles. The molecular formula is C17H16O6Se. The van der Waals surface area contributed by atoms with Gasteiger partial charge in [0, 0.05) is 0 Å². The zero-order valence-electron chi connectivity index (χ0n) is 13.3. The maximum atomic E-state index is 12.3. The number of hydrogen-bond acceptors (Lipinski definition) is 6. The van der Waals surface area contributed by atoms with Gasteiger partial charge in [-0.15, -0.1) is 0 Å². The zero-order chi connectivity index (χ0) is 17.9. The van der Waals surface area contributed by atoms with Crippen molar-refractivity contribution in [2.24, 2.45) is 0 Å². The molecule has 1 aromatic heterocycles. The summed E-state index contributed by atoms with van der Waals surface area (Å²) >= 11 is -0.367. The number of carbonyl (C=O) groups is 3. The number of ether oxygens (including phenoxy) is 2. The average Bonchev–Trinajstić information content (AvgIpc) is 2.95. The molecule has 24 heavy (non-hydrogen) atoms. The molecule has 0 amide bonds. The molecule has 0 unspecified atom stereocenters. The number of rotatable bonds is 7. The second kappa shape index (κ2) is 7.47. The van der Waals surface area contributed by atoms with Crippen molar-refractivity contribution < 1.29 is 29.0 Å². The Morgan fingerprint density at radius 2 is 1.96 bits per heavy atom. The predicted molar refractivity (Wildman–Crippen MR) is 88.8 cm³/mol. The molecule has 2 rings (SSSR count). The van der Waals surface area contributed by atoms with E-state index in [1.807, 2.05) is 0 Å². The molecule has 1 N–H and O–H groups in total. The van der Waals surface area contributed by atoms with E-state index in [0.717, 1.165) is 4.26 Å². The SMILES string of the molecule is C=C(CC(=O)C(=O)c1cc2cc(O)c(OC)cc2[se]1)C(=O)OCC. The predicted octanol–water partition coefficient (Wildman–Crippen LogP) is 1.87. The van der Waals surface area contributed by atoms with Gasteiger partial charge in [0.05, 0.1) is 0 Å². The fourth-order valence-corrected chi connectivity index (χ4v) is 4.21. The third kappa shape index (κ3) is 3.75. The molecule has 0 aliphatic rings. The Hall–Kier alpha value is -2.37. The van der Waals surface area contributed by atoms with Crippen LogP contribution in [0.3, 0.4) is 0 Å². The summed E-state index contributed by atoms with van der Waals surface area (Å²) in [6.07, 6.45) is -0.365. The van der Waals surface area contributed by atoms with Crippen LogP contribution in [0.1, 0.15) is 22.6 Å². The van der Waals surface area contributed by atoms with Crippen LogP contribution in [0, 0.1) is 0 Å². The Bertz CT molecular complexity index is 833. The second-order valence-electron chi connectivity index (χ2n) is 4.93. The van der Waals surface area contributed by atoms with Crippen LogP contribution in [0.2, 0.25) is 0 Å². The number of benzene rings is 1. The van der Waals surface area contributed by atoms with Gasteiger partial charge in [-0.1, -0.05) is 0 Å². The summed E-state index contributed by atoms with van der Waals surface area (Å²) in [4.78, 5) is 35.8. The van der Waals surface area contributed by atoms with Crippen molar-refractivity contribution in [3.05, 3.63) is 34.8 Å². The molecule has 0 bridgehead atoms. The van der Waals surface area contributed by atoms with Crippen LogP contribution in [0.4, 0.5) is 0 Å². The minimum atomic E-state index is -0.704. The number of carbonyl (C=O) groups excluding carboxylic acids is 3. The minimum absolute atomic E-state index is 0.0287. The van der Waals surface area contributed by atoms with E-state index in [1.165, 1.54) is 13.2 Å². The summed E-state index contributed by atoms with van der Waals surface area (Å²) in [6.45, 7) is 5.30. The Kier molecular flexibility index (Phi) is 5.59. The summed E-state index contributed by atoms with van der Waals surface area (Å²) in [5.74, 6) is -1.73. The molecule has 6 nitrogen and oxygen atoms in total. The number of methoxy groups -OCH3 is 1. The average molecular weight is 395 g/mol. The Balaban J connectivity index is 2.20. The number of ketones is 2. The van der Waals surface area contributed by atoms with Crippen LogP contribution >= 0.6 is 0 Å². The van der Waals surface area contributed by atoms with Crippen molar-refractivity contribution in [2.75, 3.05) is 13.7 Å². The topological polar surface area (TPSA) is 89.9 Å². The van der Waals surface area contributed by atoms with Crippen LogP contribution in [0.25, 0.3) is 9.65 Å². The molecule has 0 radical (unpaired) electrons. The first kappa shape index (κ1) is 18.0. The number of Topliss-reactive ketones (excluding diaryl/α,β-unsaturated/α-hetero) is 2. The van der Waals surface area contributed by atoms with Gasteiger partial charge in [-0.05, 0) is 0 Å². The van der Waals surface area contributed by atoms with Gasteiger partial charge >= 0.3 is 144 Å². The van der Waals surface area contributed by atoms with Crippen molar-refractivity contribution in [3.8, 4) is 11.5 Å². The first-order valence-corrected chi connectivity index (χ1v) is 8.81. The van der Waals surface area contributed by atoms with E-state index < -0.39 is 17.5 Å². The molecule has 126 valence electrons. The van der Waals surface area contributed by atoms with Gasteiger partial charge in [-0.2, -0.15) is 0 Å². The van der Waals surface area contributed by atoms with Crippen molar-refractivity contribution in [3.63, 3.8) is 0 Å². The summed E-state index contributed by atoms with van der Waals surface area (Å²) < 4.78 is 11.0. The van der Waals surface area contributed by atoms with Gasteiger partial charge in [-0.25, -0.2) is 0 Å². The van der Waals surface area contributed by atoms with E-state index in [2.05, 4.69) is 6.58 Å². The summed E-state index contributed by atoms with van der Waals surface area (Å²) in [6, 6.07) is 4.74. The van der Waals surface area contributed by atoms with E-state index >= 15 is 0 Å². The normalized spacial score (nSPS) is 10.4. The van der Waals surface area contributed by atoms with Gasteiger partial charge in [0.15, 0.2) is 0 Å². The molecule has 2 aromatic rings. The van der Waals surface area contributed by atoms with Crippen LogP contribution in [0.15, 0.2) is 30.4 Å². The first-order chi connectivity index (χ1) is 11.4. The van der Waals surface area contributed by atoms with Gasteiger partial charge in [-0.3, -0.25) is 0 Å². The van der Waals surface area contributed by atoms with E-state index in [0.29, 0.717) is 15.6 Å². The van der Waals surface area contributed by atoms with Crippen molar-refractivity contribution >= 4 is 41.7 Å². The third-order valence-corrected chi connectivity index (χ3v) is 5.53. The van der Waals surface area contributed by atoms with Crippen molar-refractivity contribution in [1.82, 2.24) is 0 Å². The summed E-state index contributed by atoms with van der Waals surface area (Å²) in [5, 5.41) is 10.5. The number of fused-ring (bicyclic) bond motifs is 1. The molecule has 0 saturated carbocycles. The maximum absolute atomic E-state index is 12.3. The number of hydrogen-bond donors (Lipinski definition) is 1. The van der Waals surface area contributed by atoms with Crippen molar-refractivity contribution in [1.29, 1.82) is 0 Å². The standard InChI is InChI=1S/C17H16O6Se/c1-4-23-17(21)9(2)5-12(19)16(20)15-7-10-6-11(18)13(22-3)8-14(10)24-15/h6-8,18H,2,4-5H2,1,3H3. The summed E-state index contributed by atoms with van der Waals surface area (Å²) in [7, 11) is 1.44. The third-order valence-electron chi connectivity index (χ3n) is 3.23. The monoisotopic (exact) mass is 396 g/mol. The fourth-order valence-electron chi connectivity index (χ4n) is 2.05. The van der Waals surface area contributed by atoms with Crippen LogP contribution < -0.4 is 4.74 Å². The first-order valence-electron chi connectivity index (χ1n) is 7.10. The number of phenolic OH excluding ortho intramolecular Hbond substituents is 1. The molecule has 0 atom stereocenters. The number of aromatic hydroxyl groups is 1. The Labute approximate surface area is 144 Å². The van der Waals surface area contributed by atoms with Gasteiger partial charge in [0.25, 0.3) is 0 Å². The van der Waals surface area contributed by atoms with Gasteiger partial charge in [0.1, 0.15) is 0 Å². The molecule has 0 saturated heterocycles. The molecule has 0 aliphatic heterocycles. The quantitative estimate of drug-likeness (QED) is 0.253. The Morgan fingerprint density at radius 1 is 1.25 bits per heavy atom. The van der Waals surface area contributed by atoms with Crippen molar-refractivity contribution in [2.45, 2.75) is 13.3 Å². The van der Waals surface area contributed by atoms with Crippen LogP contribution in [-0.4, -0.2) is 50.9 Å². The summed E-state index contributed by atoms with van der Waals surface area (Å²) in [5.41, 5.74) is -0.0434.